The molecular formula is C16H19N3O4. The van der Waals surface area contributed by atoms with E-state index in [1.54, 1.807) is 6.92 Å². The lowest BCUT2D eigenvalue weighted by atomic mass is 10.1. The van der Waals surface area contributed by atoms with Crippen molar-refractivity contribution in [3.8, 4) is 11.3 Å². The number of nitrogens with zero attached hydrogens (tertiary/aromatic N) is 3. The lowest BCUT2D eigenvalue weighted by Gasteiger charge is -2.14. The molecule has 1 aromatic carbocycles. The highest BCUT2D eigenvalue weighted by Crippen LogP contribution is 2.25. The number of carbonyl (C=O) groups excluding carboxylic acids is 2. The first-order valence-corrected chi connectivity index (χ1v) is 7.23. The van der Waals surface area contributed by atoms with Gasteiger partial charge in [-0.25, -0.2) is 9.48 Å². The molecule has 7 heteroatoms. The van der Waals surface area contributed by atoms with Crippen molar-refractivity contribution in [1.82, 2.24) is 15.0 Å². The summed E-state index contributed by atoms with van der Waals surface area (Å²) in [5, 5.41) is 7.90. The summed E-state index contributed by atoms with van der Waals surface area (Å²) in [6.07, 6.45) is 0. The van der Waals surface area contributed by atoms with Gasteiger partial charge in [0.25, 0.3) is 0 Å². The Morgan fingerprint density at radius 2 is 1.91 bits per heavy atom. The first-order valence-electron chi connectivity index (χ1n) is 7.23. The molecule has 2 aromatic rings. The van der Waals surface area contributed by atoms with Crippen LogP contribution in [0.25, 0.3) is 11.3 Å². The Labute approximate surface area is 134 Å². The van der Waals surface area contributed by atoms with E-state index in [2.05, 4.69) is 10.3 Å². The minimum absolute atomic E-state index is 0.161. The third-order valence-corrected chi connectivity index (χ3v) is 3.31. The summed E-state index contributed by atoms with van der Waals surface area (Å²) in [5.41, 5.74) is 1.50. The number of ether oxygens (including phenoxy) is 2. The van der Waals surface area contributed by atoms with Crippen LogP contribution in [0.5, 0.6) is 0 Å². The van der Waals surface area contributed by atoms with Gasteiger partial charge in [-0.2, -0.15) is 0 Å². The van der Waals surface area contributed by atoms with E-state index in [1.165, 1.54) is 18.7 Å². The van der Waals surface area contributed by atoms with E-state index in [0.29, 0.717) is 12.3 Å². The van der Waals surface area contributed by atoms with Crippen LogP contribution in [0.2, 0.25) is 0 Å². The second-order valence-electron chi connectivity index (χ2n) is 4.99. The second kappa shape index (κ2) is 7.64. The minimum Gasteiger partial charge on any atom is -0.462 e. The zero-order valence-corrected chi connectivity index (χ0v) is 13.4. The molecule has 1 aromatic heterocycles. The molecule has 0 aliphatic carbocycles. The summed E-state index contributed by atoms with van der Waals surface area (Å²) in [4.78, 5) is 23.9. The average Bonchev–Trinajstić information content (AvgIpc) is 3.00. The number of ketones is 1. The lowest BCUT2D eigenvalue weighted by molar-refractivity contribution is -0.148. The molecule has 0 saturated heterocycles. The van der Waals surface area contributed by atoms with Gasteiger partial charge in [0, 0.05) is 19.6 Å². The molecule has 2 rings (SSSR count). The van der Waals surface area contributed by atoms with Crippen molar-refractivity contribution in [3.63, 3.8) is 0 Å². The molecule has 1 atom stereocenters. The Morgan fingerprint density at radius 1 is 1.22 bits per heavy atom. The van der Waals surface area contributed by atoms with Crippen molar-refractivity contribution in [2.45, 2.75) is 19.9 Å². The van der Waals surface area contributed by atoms with Crippen LogP contribution in [0.3, 0.4) is 0 Å². The van der Waals surface area contributed by atoms with Gasteiger partial charge in [0.15, 0.2) is 11.5 Å². The standard InChI is InChI=1S/C16H19N3O4/c1-11(16(21)23-10-9-22-3)19-15(13-7-5-4-6-8-13)14(12(2)20)17-18-19/h4-8,11H,9-10H2,1-3H3. The number of carbonyl (C=O) groups is 2. The van der Waals surface area contributed by atoms with E-state index in [9.17, 15) is 9.59 Å². The van der Waals surface area contributed by atoms with Crippen molar-refractivity contribution >= 4 is 11.8 Å². The fraction of sp³-hybridized carbons (Fsp3) is 0.375. The molecule has 1 unspecified atom stereocenters. The van der Waals surface area contributed by atoms with Crippen LogP contribution < -0.4 is 0 Å². The van der Waals surface area contributed by atoms with Crippen LogP contribution in [0, 0.1) is 0 Å². The summed E-state index contributed by atoms with van der Waals surface area (Å²) >= 11 is 0. The number of methoxy groups -OCH3 is 1. The molecule has 0 saturated carbocycles. The maximum absolute atomic E-state index is 12.1. The zero-order valence-electron chi connectivity index (χ0n) is 13.4. The average molecular weight is 317 g/mol. The summed E-state index contributed by atoms with van der Waals surface area (Å²) in [6, 6.07) is 8.53. The van der Waals surface area contributed by atoms with Crippen LogP contribution in [-0.2, 0) is 14.3 Å². The molecule has 0 spiro atoms. The van der Waals surface area contributed by atoms with Crippen molar-refractivity contribution in [2.75, 3.05) is 20.3 Å². The van der Waals surface area contributed by atoms with Crippen LogP contribution >= 0.6 is 0 Å². The van der Waals surface area contributed by atoms with Crippen LogP contribution in [0.4, 0.5) is 0 Å². The summed E-state index contributed by atoms with van der Waals surface area (Å²) < 4.78 is 11.4. The predicted octanol–water partition coefficient (Wildman–Crippen LogP) is 1.90. The molecule has 0 amide bonds. The maximum Gasteiger partial charge on any atom is 0.330 e. The highest BCUT2D eigenvalue weighted by Gasteiger charge is 2.26. The number of hydrogen-bond donors (Lipinski definition) is 0. The summed E-state index contributed by atoms with van der Waals surface area (Å²) in [7, 11) is 1.53. The van der Waals surface area contributed by atoms with Gasteiger partial charge >= 0.3 is 5.97 Å². The fourth-order valence-electron chi connectivity index (χ4n) is 2.11. The van der Waals surface area contributed by atoms with Gasteiger partial charge in [-0.3, -0.25) is 4.79 Å². The zero-order chi connectivity index (χ0) is 16.8. The van der Waals surface area contributed by atoms with Crippen molar-refractivity contribution in [3.05, 3.63) is 36.0 Å². The van der Waals surface area contributed by atoms with Crippen LogP contribution in [0.15, 0.2) is 30.3 Å². The molecule has 0 radical (unpaired) electrons. The molecule has 0 aliphatic rings. The number of benzene rings is 1. The number of Topliss-reactive ketones (excluding diaryl/α,β-unsaturated/α-hetero) is 1. The van der Waals surface area contributed by atoms with E-state index in [-0.39, 0.29) is 18.1 Å². The Hall–Kier alpha value is -2.54. The van der Waals surface area contributed by atoms with Crippen LogP contribution in [0.1, 0.15) is 30.4 Å². The lowest BCUT2D eigenvalue weighted by Crippen LogP contribution is -2.22. The number of esters is 1. The van der Waals surface area contributed by atoms with E-state index >= 15 is 0 Å². The van der Waals surface area contributed by atoms with Gasteiger partial charge in [-0.15, -0.1) is 5.10 Å². The highest BCUT2D eigenvalue weighted by molar-refractivity contribution is 5.98. The summed E-state index contributed by atoms with van der Waals surface area (Å²) in [5.74, 6) is -0.672. The SMILES string of the molecule is COCCOC(=O)C(C)n1nnc(C(C)=O)c1-c1ccccc1. The smallest absolute Gasteiger partial charge is 0.330 e. The third-order valence-electron chi connectivity index (χ3n) is 3.31. The Kier molecular flexibility index (Phi) is 5.59. The van der Waals surface area contributed by atoms with Gasteiger partial charge in [0.2, 0.25) is 0 Å². The van der Waals surface area contributed by atoms with E-state index in [4.69, 9.17) is 9.47 Å². The monoisotopic (exact) mass is 317 g/mol. The minimum atomic E-state index is -0.706. The molecule has 0 N–H and O–H groups in total. The fourth-order valence-corrected chi connectivity index (χ4v) is 2.11. The normalized spacial score (nSPS) is 12.0. The number of hydrogen-bond acceptors (Lipinski definition) is 6. The van der Waals surface area contributed by atoms with Crippen molar-refractivity contribution < 1.29 is 19.1 Å². The Bertz CT molecular complexity index is 682. The van der Waals surface area contributed by atoms with Gasteiger partial charge < -0.3 is 9.47 Å². The van der Waals surface area contributed by atoms with Crippen LogP contribution in [-0.4, -0.2) is 47.1 Å². The second-order valence-corrected chi connectivity index (χ2v) is 4.99. The molecule has 7 nitrogen and oxygen atoms in total. The van der Waals surface area contributed by atoms with E-state index in [1.807, 2.05) is 30.3 Å². The largest absolute Gasteiger partial charge is 0.462 e. The third kappa shape index (κ3) is 3.81. The quantitative estimate of drug-likeness (QED) is 0.440. The predicted molar refractivity (Wildman–Crippen MR) is 83.0 cm³/mol. The van der Waals surface area contributed by atoms with Gasteiger partial charge in [-0.1, -0.05) is 35.5 Å². The molecular weight excluding hydrogens is 298 g/mol. The molecule has 0 aliphatic heterocycles. The van der Waals surface area contributed by atoms with Gasteiger partial charge in [0.05, 0.1) is 6.61 Å². The Morgan fingerprint density at radius 3 is 2.52 bits per heavy atom. The topological polar surface area (TPSA) is 83.3 Å². The Balaban J connectivity index is 2.35. The van der Waals surface area contributed by atoms with Gasteiger partial charge in [0.1, 0.15) is 18.3 Å². The van der Waals surface area contributed by atoms with Crippen molar-refractivity contribution in [1.29, 1.82) is 0 Å². The molecule has 0 bridgehead atoms. The van der Waals surface area contributed by atoms with E-state index in [0.717, 1.165) is 5.56 Å². The van der Waals surface area contributed by atoms with E-state index < -0.39 is 12.0 Å². The number of rotatable bonds is 7. The molecule has 1 heterocycles. The molecule has 23 heavy (non-hydrogen) atoms. The first-order chi connectivity index (χ1) is 11.1. The van der Waals surface area contributed by atoms with Crippen molar-refractivity contribution in [2.24, 2.45) is 0 Å². The number of aromatic nitrogens is 3. The maximum atomic E-state index is 12.1. The van der Waals surface area contributed by atoms with Gasteiger partial charge in [-0.05, 0) is 6.92 Å². The summed E-state index contributed by atoms with van der Waals surface area (Å²) in [6.45, 7) is 3.55. The molecule has 122 valence electrons. The first kappa shape index (κ1) is 16.8. The molecule has 0 fully saturated rings. The highest BCUT2D eigenvalue weighted by atomic mass is 16.6.